The number of thiophene rings is 1. The molecule has 0 spiro atoms. The Morgan fingerprint density at radius 3 is 2.30 bits per heavy atom. The van der Waals surface area contributed by atoms with Crippen LogP contribution in [0.15, 0.2) is 41.8 Å². The van der Waals surface area contributed by atoms with Crippen LogP contribution in [0, 0.1) is 11.3 Å². The topological polar surface area (TPSA) is 40.9 Å². The van der Waals surface area contributed by atoms with Gasteiger partial charge in [0.25, 0.3) is 0 Å². The van der Waals surface area contributed by atoms with E-state index in [0.717, 1.165) is 4.88 Å². The maximum atomic E-state index is 12.4. The Labute approximate surface area is 123 Å². The van der Waals surface area contributed by atoms with E-state index in [1.54, 1.807) is 0 Å². The van der Waals surface area contributed by atoms with Crippen LogP contribution in [-0.4, -0.2) is 5.78 Å². The van der Waals surface area contributed by atoms with Crippen molar-refractivity contribution in [3.63, 3.8) is 0 Å². The minimum absolute atomic E-state index is 0.0595. The molecule has 0 fully saturated rings. The lowest BCUT2D eigenvalue weighted by Crippen LogP contribution is -2.13. The van der Waals surface area contributed by atoms with Crippen molar-refractivity contribution < 1.29 is 4.79 Å². The minimum atomic E-state index is -0.699. The van der Waals surface area contributed by atoms with Gasteiger partial charge in [-0.15, -0.1) is 11.3 Å². The fraction of sp³-hybridized carbons (Fsp3) is 0.294. The van der Waals surface area contributed by atoms with Crippen LogP contribution in [-0.2, 0) is 5.41 Å². The van der Waals surface area contributed by atoms with Gasteiger partial charge in [0.05, 0.1) is 6.07 Å². The molecule has 3 heteroatoms. The van der Waals surface area contributed by atoms with Crippen molar-refractivity contribution in [2.45, 2.75) is 32.1 Å². The lowest BCUT2D eigenvalue weighted by molar-refractivity contribution is 0.0980. The number of Topliss-reactive ketones (excluding diaryl/α,β-unsaturated/α-hetero) is 1. The van der Waals surface area contributed by atoms with Gasteiger partial charge in [0.1, 0.15) is 5.92 Å². The highest BCUT2D eigenvalue weighted by Gasteiger charge is 2.23. The summed E-state index contributed by atoms with van der Waals surface area (Å²) in [5.74, 6) is -0.828. The SMILES string of the molecule is CC(C)(C)c1ccc(C(=O)C(C#N)c2cccs2)cc1. The fourth-order valence-corrected chi connectivity index (χ4v) is 2.78. The van der Waals surface area contributed by atoms with Gasteiger partial charge in [0, 0.05) is 10.4 Å². The molecule has 1 aromatic carbocycles. The Hall–Kier alpha value is -1.92. The molecule has 2 nitrogen and oxygen atoms in total. The highest BCUT2D eigenvalue weighted by molar-refractivity contribution is 7.10. The molecule has 0 bridgehead atoms. The largest absolute Gasteiger partial charge is 0.292 e. The van der Waals surface area contributed by atoms with E-state index in [4.69, 9.17) is 0 Å². The summed E-state index contributed by atoms with van der Waals surface area (Å²) in [5.41, 5.74) is 1.83. The molecular weight excluding hydrogens is 266 g/mol. The zero-order valence-electron chi connectivity index (χ0n) is 11.9. The van der Waals surface area contributed by atoms with E-state index < -0.39 is 5.92 Å². The maximum Gasteiger partial charge on any atom is 0.185 e. The van der Waals surface area contributed by atoms with Gasteiger partial charge in [0.2, 0.25) is 0 Å². The lowest BCUT2D eigenvalue weighted by Gasteiger charge is -2.19. The first-order valence-electron chi connectivity index (χ1n) is 6.51. The summed E-state index contributed by atoms with van der Waals surface area (Å²) in [5, 5.41) is 11.1. The second-order valence-corrected chi connectivity index (χ2v) is 6.75. The Bertz CT molecular complexity index is 627. The zero-order valence-corrected chi connectivity index (χ0v) is 12.7. The molecule has 0 N–H and O–H groups in total. The van der Waals surface area contributed by atoms with Gasteiger partial charge in [-0.05, 0) is 22.4 Å². The standard InChI is InChI=1S/C17H17NOS/c1-17(2,3)13-8-6-12(7-9-13)16(19)14(11-18)15-5-4-10-20-15/h4-10,14H,1-3H3. The van der Waals surface area contributed by atoms with E-state index in [0.29, 0.717) is 5.56 Å². The van der Waals surface area contributed by atoms with Crippen LogP contribution in [0.5, 0.6) is 0 Å². The molecule has 0 aliphatic carbocycles. The molecule has 2 aromatic rings. The van der Waals surface area contributed by atoms with E-state index in [9.17, 15) is 10.1 Å². The monoisotopic (exact) mass is 283 g/mol. The average Bonchev–Trinajstić information content (AvgIpc) is 2.92. The number of nitriles is 1. The summed E-state index contributed by atoms with van der Waals surface area (Å²) in [6.07, 6.45) is 0. The molecule has 1 heterocycles. The van der Waals surface area contributed by atoms with E-state index in [2.05, 4.69) is 26.8 Å². The van der Waals surface area contributed by atoms with Gasteiger partial charge >= 0.3 is 0 Å². The number of benzene rings is 1. The summed E-state index contributed by atoms with van der Waals surface area (Å²) in [4.78, 5) is 13.2. The second-order valence-electron chi connectivity index (χ2n) is 5.77. The second kappa shape index (κ2) is 5.60. The normalized spacial score (nSPS) is 12.7. The predicted octanol–water partition coefficient (Wildman–Crippen LogP) is 4.54. The number of carbonyl (C=O) groups excluding carboxylic acids is 1. The first-order chi connectivity index (χ1) is 9.43. The molecule has 1 unspecified atom stereocenters. The number of hydrogen-bond acceptors (Lipinski definition) is 3. The van der Waals surface area contributed by atoms with Crippen molar-refractivity contribution in [3.8, 4) is 6.07 Å². The third-order valence-corrected chi connectivity index (χ3v) is 4.19. The minimum Gasteiger partial charge on any atom is -0.292 e. The molecule has 0 radical (unpaired) electrons. The number of nitrogens with zero attached hydrogens (tertiary/aromatic N) is 1. The molecule has 20 heavy (non-hydrogen) atoms. The summed E-state index contributed by atoms with van der Waals surface area (Å²) < 4.78 is 0. The molecular formula is C17H17NOS. The van der Waals surface area contributed by atoms with Crippen LogP contribution in [0.3, 0.4) is 0 Å². The lowest BCUT2D eigenvalue weighted by atomic mass is 9.86. The summed E-state index contributed by atoms with van der Waals surface area (Å²) in [6, 6.07) is 13.4. The molecule has 0 saturated heterocycles. The Kier molecular flexibility index (Phi) is 4.06. The summed E-state index contributed by atoms with van der Waals surface area (Å²) >= 11 is 1.44. The van der Waals surface area contributed by atoms with Crippen molar-refractivity contribution in [1.29, 1.82) is 5.26 Å². The van der Waals surface area contributed by atoms with E-state index >= 15 is 0 Å². The maximum absolute atomic E-state index is 12.4. The number of carbonyl (C=O) groups is 1. The molecule has 0 amide bonds. The highest BCUT2D eigenvalue weighted by atomic mass is 32.1. The third kappa shape index (κ3) is 2.97. The molecule has 102 valence electrons. The quantitative estimate of drug-likeness (QED) is 0.776. The molecule has 1 aromatic heterocycles. The molecule has 0 saturated carbocycles. The van der Waals surface area contributed by atoms with Crippen LogP contribution < -0.4 is 0 Å². The van der Waals surface area contributed by atoms with Crippen molar-refractivity contribution in [3.05, 3.63) is 57.8 Å². The van der Waals surface area contributed by atoms with Gasteiger partial charge in [-0.25, -0.2) is 0 Å². The van der Waals surface area contributed by atoms with Crippen LogP contribution in [0.1, 0.15) is 47.5 Å². The summed E-state index contributed by atoms with van der Waals surface area (Å²) in [7, 11) is 0. The fourth-order valence-electron chi connectivity index (χ4n) is 2.01. The Morgan fingerprint density at radius 1 is 1.20 bits per heavy atom. The first-order valence-corrected chi connectivity index (χ1v) is 7.39. The van der Waals surface area contributed by atoms with Gasteiger partial charge in [-0.2, -0.15) is 5.26 Å². The predicted molar refractivity (Wildman–Crippen MR) is 82.1 cm³/mol. The molecule has 0 aliphatic rings. The van der Waals surface area contributed by atoms with Crippen LogP contribution in [0.25, 0.3) is 0 Å². The zero-order chi connectivity index (χ0) is 14.8. The van der Waals surface area contributed by atoms with Crippen LogP contribution >= 0.6 is 11.3 Å². The van der Waals surface area contributed by atoms with E-state index in [-0.39, 0.29) is 11.2 Å². The first kappa shape index (κ1) is 14.5. The van der Waals surface area contributed by atoms with Crippen molar-refractivity contribution in [2.24, 2.45) is 0 Å². The molecule has 2 rings (SSSR count). The average molecular weight is 283 g/mol. The van der Waals surface area contributed by atoms with Crippen molar-refractivity contribution >= 4 is 17.1 Å². The number of ketones is 1. The smallest absolute Gasteiger partial charge is 0.185 e. The Balaban J connectivity index is 2.28. The van der Waals surface area contributed by atoms with Gasteiger partial charge < -0.3 is 0 Å². The highest BCUT2D eigenvalue weighted by Crippen LogP contribution is 2.26. The third-order valence-electron chi connectivity index (χ3n) is 3.25. The van der Waals surface area contributed by atoms with Gasteiger partial charge in [0.15, 0.2) is 5.78 Å². The molecule has 1 atom stereocenters. The Morgan fingerprint density at radius 2 is 1.85 bits per heavy atom. The number of hydrogen-bond donors (Lipinski definition) is 0. The van der Waals surface area contributed by atoms with Crippen LogP contribution in [0.2, 0.25) is 0 Å². The van der Waals surface area contributed by atoms with Gasteiger partial charge in [-0.3, -0.25) is 4.79 Å². The van der Waals surface area contributed by atoms with Crippen molar-refractivity contribution in [2.75, 3.05) is 0 Å². The summed E-state index contributed by atoms with van der Waals surface area (Å²) in [6.45, 7) is 6.40. The van der Waals surface area contributed by atoms with E-state index in [1.165, 1.54) is 16.9 Å². The van der Waals surface area contributed by atoms with Gasteiger partial charge in [-0.1, -0.05) is 51.1 Å². The van der Waals surface area contributed by atoms with Crippen molar-refractivity contribution in [1.82, 2.24) is 0 Å². The van der Waals surface area contributed by atoms with Crippen LogP contribution in [0.4, 0.5) is 0 Å². The van der Waals surface area contributed by atoms with E-state index in [1.807, 2.05) is 41.8 Å². The number of rotatable bonds is 3. The molecule has 0 aliphatic heterocycles.